The maximum Gasteiger partial charge on any atom is 0.416 e. The summed E-state index contributed by atoms with van der Waals surface area (Å²) in [5.41, 5.74) is -4.08. The molecule has 0 radical (unpaired) electrons. The van der Waals surface area contributed by atoms with Crippen LogP contribution < -0.4 is 10.9 Å². The molecule has 1 atom stereocenters. The van der Waals surface area contributed by atoms with Gasteiger partial charge in [-0.2, -0.15) is 31.4 Å². The van der Waals surface area contributed by atoms with Crippen molar-refractivity contribution in [1.29, 1.82) is 0 Å². The van der Waals surface area contributed by atoms with E-state index in [1.165, 1.54) is 13.0 Å². The van der Waals surface area contributed by atoms with Crippen LogP contribution in [0.3, 0.4) is 0 Å². The van der Waals surface area contributed by atoms with Crippen LogP contribution in [0, 0.1) is 6.92 Å². The number of nitrogens with zero attached hydrogens (tertiary/aromatic N) is 2. The molecular formula is C16H13F6N3O2. The van der Waals surface area contributed by atoms with Gasteiger partial charge in [0, 0.05) is 11.8 Å². The summed E-state index contributed by atoms with van der Waals surface area (Å²) in [6.45, 7) is 2.78. The third kappa shape index (κ3) is 4.86. The highest BCUT2D eigenvalue weighted by Gasteiger charge is 2.37. The minimum Gasteiger partial charge on any atom is -0.324 e. The molecule has 1 N–H and O–H groups in total. The van der Waals surface area contributed by atoms with Gasteiger partial charge >= 0.3 is 12.4 Å². The first-order chi connectivity index (χ1) is 12.3. The molecular weight excluding hydrogens is 380 g/mol. The molecule has 1 heterocycles. The zero-order valence-electron chi connectivity index (χ0n) is 13.9. The Kier molecular flexibility index (Phi) is 5.34. The molecule has 1 aromatic heterocycles. The van der Waals surface area contributed by atoms with Gasteiger partial charge in [-0.25, -0.2) is 4.68 Å². The van der Waals surface area contributed by atoms with Crippen LogP contribution in [0.15, 0.2) is 35.1 Å². The van der Waals surface area contributed by atoms with Crippen molar-refractivity contribution in [3.63, 3.8) is 0 Å². The Morgan fingerprint density at radius 1 is 1.04 bits per heavy atom. The topological polar surface area (TPSA) is 64.0 Å². The zero-order chi connectivity index (χ0) is 20.6. The normalized spacial score (nSPS) is 13.3. The summed E-state index contributed by atoms with van der Waals surface area (Å²) in [6.07, 6.45) is -10.1. The second-order valence-corrected chi connectivity index (χ2v) is 5.72. The van der Waals surface area contributed by atoms with Gasteiger partial charge in [0.25, 0.3) is 5.56 Å². The lowest BCUT2D eigenvalue weighted by Gasteiger charge is -2.17. The summed E-state index contributed by atoms with van der Waals surface area (Å²) in [7, 11) is 0. The second kappa shape index (κ2) is 7.05. The predicted octanol–water partition coefficient (Wildman–Crippen LogP) is 3.79. The largest absolute Gasteiger partial charge is 0.416 e. The predicted molar refractivity (Wildman–Crippen MR) is 83.0 cm³/mol. The van der Waals surface area contributed by atoms with Crippen molar-refractivity contribution in [1.82, 2.24) is 9.78 Å². The van der Waals surface area contributed by atoms with Gasteiger partial charge in [-0.15, -0.1) is 0 Å². The van der Waals surface area contributed by atoms with Crippen molar-refractivity contribution < 1.29 is 31.1 Å². The lowest BCUT2D eigenvalue weighted by atomic mass is 10.1. The van der Waals surface area contributed by atoms with E-state index in [1.807, 2.05) is 5.32 Å². The number of amides is 1. The molecule has 11 heteroatoms. The lowest BCUT2D eigenvalue weighted by molar-refractivity contribution is -0.143. The van der Waals surface area contributed by atoms with Crippen LogP contribution in [0.2, 0.25) is 0 Å². The second-order valence-electron chi connectivity index (χ2n) is 5.72. The Morgan fingerprint density at radius 3 is 2.04 bits per heavy atom. The number of hydrogen-bond donors (Lipinski definition) is 1. The number of carbonyl (C=O) groups is 1. The first-order valence-corrected chi connectivity index (χ1v) is 7.46. The van der Waals surface area contributed by atoms with Crippen LogP contribution in [0.25, 0.3) is 0 Å². The molecule has 1 amide bonds. The molecule has 27 heavy (non-hydrogen) atoms. The third-order valence-electron chi connectivity index (χ3n) is 3.56. The van der Waals surface area contributed by atoms with Crippen molar-refractivity contribution in [2.75, 3.05) is 5.32 Å². The average molecular weight is 393 g/mol. The Bertz CT molecular complexity index is 885. The van der Waals surface area contributed by atoms with E-state index >= 15 is 0 Å². The molecule has 5 nitrogen and oxygen atoms in total. The molecule has 0 aliphatic heterocycles. The quantitative estimate of drug-likeness (QED) is 0.808. The fourth-order valence-corrected chi connectivity index (χ4v) is 2.18. The first kappa shape index (κ1) is 20.5. The van der Waals surface area contributed by atoms with Gasteiger partial charge in [-0.05, 0) is 38.1 Å². The molecule has 0 saturated carbocycles. The molecule has 0 saturated heterocycles. The fourth-order valence-electron chi connectivity index (χ4n) is 2.18. The van der Waals surface area contributed by atoms with E-state index in [1.54, 1.807) is 6.92 Å². The summed E-state index contributed by atoms with van der Waals surface area (Å²) in [6, 6.07) is 1.98. The number of aryl methyl sites for hydroxylation is 1. The maximum atomic E-state index is 12.9. The molecule has 0 fully saturated rings. The van der Waals surface area contributed by atoms with Crippen LogP contribution in [0.4, 0.5) is 32.0 Å². The fraction of sp³-hybridized carbons (Fsp3) is 0.312. The highest BCUT2D eigenvalue weighted by Crippen LogP contribution is 2.37. The van der Waals surface area contributed by atoms with E-state index in [-0.39, 0.29) is 6.07 Å². The van der Waals surface area contributed by atoms with E-state index in [2.05, 4.69) is 5.10 Å². The van der Waals surface area contributed by atoms with Crippen molar-refractivity contribution in [3.05, 3.63) is 57.5 Å². The van der Waals surface area contributed by atoms with Crippen molar-refractivity contribution in [2.24, 2.45) is 0 Å². The van der Waals surface area contributed by atoms with E-state index < -0.39 is 46.7 Å². The van der Waals surface area contributed by atoms with Gasteiger partial charge in [-0.1, -0.05) is 0 Å². The number of benzene rings is 1. The number of nitrogens with one attached hydrogen (secondary N) is 1. The Hall–Kier alpha value is -2.85. The average Bonchev–Trinajstić information content (AvgIpc) is 2.54. The minimum atomic E-state index is -5.04. The van der Waals surface area contributed by atoms with Crippen LogP contribution in [0.5, 0.6) is 0 Å². The molecule has 2 aromatic rings. The molecule has 0 aliphatic rings. The van der Waals surface area contributed by atoms with Gasteiger partial charge < -0.3 is 5.32 Å². The summed E-state index contributed by atoms with van der Waals surface area (Å²) in [4.78, 5) is 24.0. The van der Waals surface area contributed by atoms with Gasteiger partial charge in [0.05, 0.1) is 16.8 Å². The van der Waals surface area contributed by atoms with Gasteiger partial charge in [-0.3, -0.25) is 9.59 Å². The molecule has 0 aliphatic carbocycles. The molecule has 1 unspecified atom stereocenters. The number of hydrogen-bond acceptors (Lipinski definition) is 3. The molecule has 1 aromatic carbocycles. The smallest absolute Gasteiger partial charge is 0.324 e. The lowest BCUT2D eigenvalue weighted by Crippen LogP contribution is -2.33. The summed E-state index contributed by atoms with van der Waals surface area (Å²) in [5.74, 6) is -0.998. The van der Waals surface area contributed by atoms with E-state index in [0.29, 0.717) is 17.8 Å². The van der Waals surface area contributed by atoms with E-state index in [9.17, 15) is 35.9 Å². The zero-order valence-corrected chi connectivity index (χ0v) is 13.9. The third-order valence-corrected chi connectivity index (χ3v) is 3.56. The molecule has 2 rings (SSSR count). The maximum absolute atomic E-state index is 12.9. The number of carbonyl (C=O) groups excluding carboxylic acids is 1. The van der Waals surface area contributed by atoms with E-state index in [0.717, 1.165) is 10.7 Å². The van der Waals surface area contributed by atoms with Crippen molar-refractivity contribution >= 4 is 11.6 Å². The number of anilines is 1. The number of rotatable bonds is 3. The van der Waals surface area contributed by atoms with Gasteiger partial charge in [0.1, 0.15) is 6.04 Å². The molecule has 0 spiro atoms. The Morgan fingerprint density at radius 2 is 1.56 bits per heavy atom. The van der Waals surface area contributed by atoms with E-state index in [4.69, 9.17) is 0 Å². The standard InChI is InChI=1S/C16H13F6N3O2/c1-8-3-4-13(26)25(24-8)9(2)14(27)23-12-6-10(15(17,18)19)5-11(7-12)16(20,21)22/h3-7,9H,1-2H3,(H,23,27). The van der Waals surface area contributed by atoms with Crippen LogP contribution in [0.1, 0.15) is 29.8 Å². The highest BCUT2D eigenvalue weighted by atomic mass is 19.4. The molecule has 146 valence electrons. The van der Waals surface area contributed by atoms with Crippen LogP contribution >= 0.6 is 0 Å². The number of alkyl halides is 6. The summed E-state index contributed by atoms with van der Waals surface area (Å²) < 4.78 is 77.9. The Balaban J connectivity index is 2.39. The number of halogens is 6. The van der Waals surface area contributed by atoms with Crippen LogP contribution in [-0.4, -0.2) is 15.7 Å². The van der Waals surface area contributed by atoms with Crippen molar-refractivity contribution in [3.8, 4) is 0 Å². The highest BCUT2D eigenvalue weighted by molar-refractivity contribution is 5.93. The SMILES string of the molecule is Cc1ccc(=O)n(C(C)C(=O)Nc2cc(C(F)(F)F)cc(C(F)(F)F)c2)n1. The van der Waals surface area contributed by atoms with Crippen LogP contribution in [-0.2, 0) is 17.1 Å². The number of aromatic nitrogens is 2. The Labute approximate surface area is 148 Å². The monoisotopic (exact) mass is 393 g/mol. The first-order valence-electron chi connectivity index (χ1n) is 7.46. The van der Waals surface area contributed by atoms with Crippen molar-refractivity contribution in [2.45, 2.75) is 32.2 Å². The minimum absolute atomic E-state index is 0.0499. The summed E-state index contributed by atoms with van der Waals surface area (Å²) >= 11 is 0. The van der Waals surface area contributed by atoms with Gasteiger partial charge in [0.2, 0.25) is 5.91 Å². The van der Waals surface area contributed by atoms with Gasteiger partial charge in [0.15, 0.2) is 0 Å². The molecule has 0 bridgehead atoms. The summed E-state index contributed by atoms with van der Waals surface area (Å²) in [5, 5.41) is 5.81.